The Labute approximate surface area is 66.4 Å². The van der Waals surface area contributed by atoms with Crippen molar-refractivity contribution in [1.82, 2.24) is 5.32 Å². The van der Waals surface area contributed by atoms with Crippen LogP contribution in [-0.2, 0) is 9.53 Å². The van der Waals surface area contributed by atoms with Crippen LogP contribution in [0.4, 0.5) is 0 Å². The van der Waals surface area contributed by atoms with Crippen molar-refractivity contribution in [3.05, 3.63) is 12.2 Å². The van der Waals surface area contributed by atoms with Crippen molar-refractivity contribution in [2.75, 3.05) is 13.2 Å². The summed E-state index contributed by atoms with van der Waals surface area (Å²) in [5.41, 5.74) is 1.18. The van der Waals surface area contributed by atoms with Crippen molar-refractivity contribution in [2.45, 2.75) is 19.4 Å². The standard InChI is InChI=1S/C8H13NO2/c1-6-3-8(9-4-6)5-11-7(2)10/h8-9H,1,3-5H2,2H3/t8-/m0/s1. The van der Waals surface area contributed by atoms with Crippen molar-refractivity contribution in [3.8, 4) is 0 Å². The van der Waals surface area contributed by atoms with Crippen molar-refractivity contribution >= 4 is 5.97 Å². The van der Waals surface area contributed by atoms with Gasteiger partial charge >= 0.3 is 5.97 Å². The highest BCUT2D eigenvalue weighted by Gasteiger charge is 2.17. The zero-order valence-corrected chi connectivity index (χ0v) is 6.72. The van der Waals surface area contributed by atoms with Crippen molar-refractivity contribution in [1.29, 1.82) is 0 Å². The second-order valence-electron chi connectivity index (χ2n) is 2.83. The van der Waals surface area contributed by atoms with Gasteiger partial charge in [-0.25, -0.2) is 0 Å². The predicted octanol–water partition coefficient (Wildman–Crippen LogP) is 0.468. The summed E-state index contributed by atoms with van der Waals surface area (Å²) in [7, 11) is 0. The summed E-state index contributed by atoms with van der Waals surface area (Å²) in [4.78, 5) is 10.4. The zero-order chi connectivity index (χ0) is 8.27. The number of esters is 1. The van der Waals surface area contributed by atoms with Crippen LogP contribution in [0.5, 0.6) is 0 Å². The number of hydrogen-bond acceptors (Lipinski definition) is 3. The Morgan fingerprint density at radius 3 is 3.09 bits per heavy atom. The highest BCUT2D eigenvalue weighted by molar-refractivity contribution is 5.65. The van der Waals surface area contributed by atoms with E-state index in [9.17, 15) is 4.79 Å². The first kappa shape index (κ1) is 8.27. The minimum atomic E-state index is -0.218. The molecule has 0 spiro atoms. The fourth-order valence-corrected chi connectivity index (χ4v) is 1.12. The molecule has 1 rings (SSSR count). The first-order valence-electron chi connectivity index (χ1n) is 3.72. The molecule has 0 bridgehead atoms. The maximum absolute atomic E-state index is 10.4. The van der Waals surface area contributed by atoms with Crippen LogP contribution in [0.3, 0.4) is 0 Å². The van der Waals surface area contributed by atoms with E-state index in [4.69, 9.17) is 4.74 Å². The molecule has 3 heteroatoms. The molecule has 0 aliphatic carbocycles. The third-order valence-electron chi connectivity index (χ3n) is 1.66. The first-order valence-corrected chi connectivity index (χ1v) is 3.72. The van der Waals surface area contributed by atoms with Crippen LogP contribution in [0.15, 0.2) is 12.2 Å². The minimum Gasteiger partial charge on any atom is -0.464 e. The molecule has 0 aromatic heterocycles. The van der Waals surface area contributed by atoms with Gasteiger partial charge in [-0.2, -0.15) is 0 Å². The van der Waals surface area contributed by atoms with Gasteiger partial charge in [0.05, 0.1) is 0 Å². The quantitative estimate of drug-likeness (QED) is 0.465. The second kappa shape index (κ2) is 3.53. The van der Waals surface area contributed by atoms with Gasteiger partial charge in [-0.05, 0) is 6.42 Å². The van der Waals surface area contributed by atoms with Gasteiger partial charge in [0.25, 0.3) is 0 Å². The average molecular weight is 155 g/mol. The summed E-state index contributed by atoms with van der Waals surface area (Å²) in [6.07, 6.45) is 0.924. The first-order chi connectivity index (χ1) is 5.18. The largest absolute Gasteiger partial charge is 0.464 e. The fourth-order valence-electron chi connectivity index (χ4n) is 1.12. The Kier molecular flexibility index (Phi) is 2.65. The summed E-state index contributed by atoms with van der Waals surface area (Å²) in [6, 6.07) is 0.284. The number of hydrogen-bond donors (Lipinski definition) is 1. The van der Waals surface area contributed by atoms with E-state index in [2.05, 4.69) is 11.9 Å². The molecule has 11 heavy (non-hydrogen) atoms. The lowest BCUT2D eigenvalue weighted by Gasteiger charge is -2.08. The molecular formula is C8H13NO2. The normalized spacial score (nSPS) is 23.7. The molecule has 1 atom stereocenters. The van der Waals surface area contributed by atoms with Crippen molar-refractivity contribution in [2.24, 2.45) is 0 Å². The average Bonchev–Trinajstić information content (AvgIpc) is 2.31. The van der Waals surface area contributed by atoms with Gasteiger partial charge in [0.1, 0.15) is 6.61 Å². The summed E-state index contributed by atoms with van der Waals surface area (Å²) in [5.74, 6) is -0.218. The SMILES string of the molecule is C=C1CN[C@H](COC(C)=O)C1. The molecular weight excluding hydrogens is 142 g/mol. The summed E-state index contributed by atoms with van der Waals surface area (Å²) in [5, 5.41) is 3.18. The van der Waals surface area contributed by atoms with E-state index in [0.717, 1.165) is 13.0 Å². The molecule has 3 nitrogen and oxygen atoms in total. The lowest BCUT2D eigenvalue weighted by Crippen LogP contribution is -2.27. The van der Waals surface area contributed by atoms with E-state index in [0.29, 0.717) is 6.61 Å². The third-order valence-corrected chi connectivity index (χ3v) is 1.66. The molecule has 62 valence electrons. The van der Waals surface area contributed by atoms with Crippen LogP contribution >= 0.6 is 0 Å². The number of rotatable bonds is 2. The lowest BCUT2D eigenvalue weighted by atomic mass is 10.2. The molecule has 0 aromatic carbocycles. The van der Waals surface area contributed by atoms with Crippen LogP contribution in [0.25, 0.3) is 0 Å². The van der Waals surface area contributed by atoms with Gasteiger partial charge in [-0.3, -0.25) is 4.79 Å². The topological polar surface area (TPSA) is 38.3 Å². The molecule has 1 heterocycles. The third kappa shape index (κ3) is 2.72. The highest BCUT2D eigenvalue weighted by Crippen LogP contribution is 2.10. The Morgan fingerprint density at radius 2 is 2.64 bits per heavy atom. The summed E-state index contributed by atoms with van der Waals surface area (Å²) >= 11 is 0. The van der Waals surface area contributed by atoms with E-state index in [1.807, 2.05) is 0 Å². The molecule has 1 N–H and O–H groups in total. The summed E-state index contributed by atoms with van der Waals surface area (Å²) < 4.78 is 4.83. The molecule has 1 fully saturated rings. The van der Waals surface area contributed by atoms with Gasteiger partial charge in [-0.1, -0.05) is 12.2 Å². The van der Waals surface area contributed by atoms with Crippen LogP contribution in [0, 0.1) is 0 Å². The fraction of sp³-hybridized carbons (Fsp3) is 0.625. The van der Waals surface area contributed by atoms with E-state index in [1.165, 1.54) is 12.5 Å². The molecule has 0 amide bonds. The van der Waals surface area contributed by atoms with Gasteiger partial charge in [0.2, 0.25) is 0 Å². The number of carbonyl (C=O) groups is 1. The van der Waals surface area contributed by atoms with Gasteiger partial charge in [0.15, 0.2) is 0 Å². The minimum absolute atomic E-state index is 0.218. The zero-order valence-electron chi connectivity index (χ0n) is 6.72. The highest BCUT2D eigenvalue weighted by atomic mass is 16.5. The molecule has 0 radical (unpaired) electrons. The molecule has 0 aromatic rings. The molecule has 1 saturated heterocycles. The van der Waals surface area contributed by atoms with Crippen LogP contribution in [-0.4, -0.2) is 25.2 Å². The second-order valence-corrected chi connectivity index (χ2v) is 2.83. The molecule has 0 unspecified atom stereocenters. The number of carbonyl (C=O) groups excluding carboxylic acids is 1. The van der Waals surface area contributed by atoms with Crippen LogP contribution < -0.4 is 5.32 Å². The Hall–Kier alpha value is -0.830. The number of ether oxygens (including phenoxy) is 1. The van der Waals surface area contributed by atoms with Crippen molar-refractivity contribution in [3.63, 3.8) is 0 Å². The van der Waals surface area contributed by atoms with Crippen LogP contribution in [0.2, 0.25) is 0 Å². The lowest BCUT2D eigenvalue weighted by molar-refractivity contribution is -0.141. The van der Waals surface area contributed by atoms with E-state index in [-0.39, 0.29) is 12.0 Å². The Balaban J connectivity index is 2.18. The maximum atomic E-state index is 10.4. The summed E-state index contributed by atoms with van der Waals surface area (Å²) in [6.45, 7) is 6.57. The maximum Gasteiger partial charge on any atom is 0.302 e. The van der Waals surface area contributed by atoms with E-state index in [1.54, 1.807) is 0 Å². The van der Waals surface area contributed by atoms with E-state index >= 15 is 0 Å². The molecule has 1 aliphatic rings. The van der Waals surface area contributed by atoms with Crippen molar-refractivity contribution < 1.29 is 9.53 Å². The Morgan fingerprint density at radius 1 is 1.91 bits per heavy atom. The van der Waals surface area contributed by atoms with Gasteiger partial charge in [0, 0.05) is 19.5 Å². The molecule has 0 saturated carbocycles. The Bertz CT molecular complexity index is 177. The van der Waals surface area contributed by atoms with Gasteiger partial charge in [-0.15, -0.1) is 0 Å². The van der Waals surface area contributed by atoms with Crippen LogP contribution in [0.1, 0.15) is 13.3 Å². The predicted molar refractivity (Wildman–Crippen MR) is 42.2 cm³/mol. The smallest absolute Gasteiger partial charge is 0.302 e. The molecule has 1 aliphatic heterocycles. The van der Waals surface area contributed by atoms with E-state index < -0.39 is 0 Å². The van der Waals surface area contributed by atoms with Gasteiger partial charge < -0.3 is 10.1 Å². The number of nitrogens with one attached hydrogen (secondary N) is 1. The monoisotopic (exact) mass is 155 g/mol.